The summed E-state index contributed by atoms with van der Waals surface area (Å²) in [7, 11) is 4.64. The van der Waals surface area contributed by atoms with Crippen LogP contribution in [0.4, 0.5) is 0 Å². The van der Waals surface area contributed by atoms with E-state index in [-0.39, 0.29) is 5.91 Å². The fourth-order valence-corrected chi connectivity index (χ4v) is 1.99. The number of amides is 1. The van der Waals surface area contributed by atoms with Crippen LogP contribution < -0.4 is 19.6 Å². The van der Waals surface area contributed by atoms with Gasteiger partial charge in [-0.05, 0) is 35.9 Å². The lowest BCUT2D eigenvalue weighted by Crippen LogP contribution is -2.18. The number of hydrogen-bond acceptors (Lipinski definition) is 5. The molecule has 0 fully saturated rings. The number of methoxy groups -OCH3 is 3. The Morgan fingerprint density at radius 2 is 1.65 bits per heavy atom. The van der Waals surface area contributed by atoms with E-state index in [2.05, 4.69) is 10.5 Å². The number of para-hydroxylation sites is 1. The predicted octanol–water partition coefficient (Wildman–Crippen LogP) is 2.48. The quantitative estimate of drug-likeness (QED) is 0.657. The van der Waals surface area contributed by atoms with Crippen LogP contribution in [0.1, 0.15) is 15.9 Å². The summed E-state index contributed by atoms with van der Waals surface area (Å²) in [4.78, 5) is 12.1. The van der Waals surface area contributed by atoms with Gasteiger partial charge in [0, 0.05) is 0 Å². The second-order valence-electron chi connectivity index (χ2n) is 4.51. The van der Waals surface area contributed by atoms with Crippen molar-refractivity contribution in [3.63, 3.8) is 0 Å². The largest absolute Gasteiger partial charge is 0.496 e. The van der Waals surface area contributed by atoms with Gasteiger partial charge in [0.15, 0.2) is 11.5 Å². The summed E-state index contributed by atoms with van der Waals surface area (Å²) in [6.07, 6.45) is 1.52. The molecule has 0 aliphatic carbocycles. The number of rotatable bonds is 6. The Hall–Kier alpha value is -3.02. The molecule has 120 valence electrons. The third kappa shape index (κ3) is 4.00. The van der Waals surface area contributed by atoms with E-state index in [0.29, 0.717) is 22.8 Å². The SMILES string of the molecule is COc1ccc(/C=N\NC(=O)c2ccccc2OC)cc1OC. The van der Waals surface area contributed by atoms with Crippen LogP contribution in [-0.4, -0.2) is 33.5 Å². The summed E-state index contributed by atoms with van der Waals surface area (Å²) in [5.74, 6) is 1.36. The fourth-order valence-electron chi connectivity index (χ4n) is 1.99. The average molecular weight is 314 g/mol. The van der Waals surface area contributed by atoms with Gasteiger partial charge in [-0.2, -0.15) is 5.10 Å². The van der Waals surface area contributed by atoms with E-state index < -0.39 is 0 Å². The Labute approximate surface area is 134 Å². The molecule has 0 bridgehead atoms. The van der Waals surface area contributed by atoms with Crippen molar-refractivity contribution >= 4 is 12.1 Å². The fraction of sp³-hybridized carbons (Fsp3) is 0.176. The van der Waals surface area contributed by atoms with Gasteiger partial charge in [0.25, 0.3) is 5.91 Å². The van der Waals surface area contributed by atoms with E-state index in [4.69, 9.17) is 14.2 Å². The van der Waals surface area contributed by atoms with Crippen LogP contribution in [0.25, 0.3) is 0 Å². The molecular weight excluding hydrogens is 296 g/mol. The number of nitrogens with one attached hydrogen (secondary N) is 1. The number of carbonyl (C=O) groups excluding carboxylic acids is 1. The van der Waals surface area contributed by atoms with Crippen molar-refractivity contribution in [2.24, 2.45) is 5.10 Å². The van der Waals surface area contributed by atoms with Gasteiger partial charge in [0.1, 0.15) is 5.75 Å². The summed E-state index contributed by atoms with van der Waals surface area (Å²) in [6, 6.07) is 12.3. The monoisotopic (exact) mass is 314 g/mol. The van der Waals surface area contributed by atoms with Crippen LogP contribution in [0.5, 0.6) is 17.2 Å². The summed E-state index contributed by atoms with van der Waals surface area (Å²) in [6.45, 7) is 0. The molecule has 0 aliphatic rings. The first-order chi connectivity index (χ1) is 11.2. The molecule has 0 saturated carbocycles. The highest BCUT2D eigenvalue weighted by Gasteiger charge is 2.10. The summed E-state index contributed by atoms with van der Waals surface area (Å²) in [5.41, 5.74) is 3.65. The first-order valence-electron chi connectivity index (χ1n) is 6.88. The highest BCUT2D eigenvalue weighted by atomic mass is 16.5. The molecule has 0 unspecified atom stereocenters. The Kier molecular flexibility index (Phi) is 5.57. The number of nitrogens with zero attached hydrogens (tertiary/aromatic N) is 1. The number of hydrogen-bond donors (Lipinski definition) is 1. The maximum absolute atomic E-state index is 12.1. The van der Waals surface area contributed by atoms with Crippen LogP contribution in [0, 0.1) is 0 Å². The van der Waals surface area contributed by atoms with E-state index >= 15 is 0 Å². The van der Waals surface area contributed by atoms with Gasteiger partial charge in [0.2, 0.25) is 0 Å². The molecule has 1 N–H and O–H groups in total. The molecule has 0 spiro atoms. The van der Waals surface area contributed by atoms with E-state index in [9.17, 15) is 4.79 Å². The number of ether oxygens (including phenoxy) is 3. The summed E-state index contributed by atoms with van der Waals surface area (Å²) < 4.78 is 15.5. The van der Waals surface area contributed by atoms with E-state index in [1.807, 2.05) is 0 Å². The van der Waals surface area contributed by atoms with Gasteiger partial charge in [-0.1, -0.05) is 12.1 Å². The van der Waals surface area contributed by atoms with Crippen molar-refractivity contribution in [3.8, 4) is 17.2 Å². The lowest BCUT2D eigenvalue weighted by molar-refractivity contribution is 0.0952. The summed E-state index contributed by atoms with van der Waals surface area (Å²) >= 11 is 0. The van der Waals surface area contributed by atoms with Gasteiger partial charge >= 0.3 is 0 Å². The zero-order valence-electron chi connectivity index (χ0n) is 13.2. The predicted molar refractivity (Wildman–Crippen MR) is 87.6 cm³/mol. The molecule has 0 atom stereocenters. The van der Waals surface area contributed by atoms with Crippen LogP contribution in [0.15, 0.2) is 47.6 Å². The molecule has 0 saturated heterocycles. The highest BCUT2D eigenvalue weighted by molar-refractivity contribution is 5.97. The Morgan fingerprint density at radius 1 is 0.957 bits per heavy atom. The second-order valence-corrected chi connectivity index (χ2v) is 4.51. The van der Waals surface area contributed by atoms with Crippen molar-refractivity contribution in [1.29, 1.82) is 0 Å². The van der Waals surface area contributed by atoms with Crippen LogP contribution in [-0.2, 0) is 0 Å². The molecule has 6 nitrogen and oxygen atoms in total. The van der Waals surface area contributed by atoms with Crippen molar-refractivity contribution in [2.75, 3.05) is 21.3 Å². The maximum atomic E-state index is 12.1. The lowest BCUT2D eigenvalue weighted by atomic mass is 10.2. The standard InChI is InChI=1S/C17H18N2O4/c1-21-14-7-5-4-6-13(14)17(20)19-18-11-12-8-9-15(22-2)16(10-12)23-3/h4-11H,1-3H3,(H,19,20)/b18-11-. The zero-order chi connectivity index (χ0) is 16.7. The van der Waals surface area contributed by atoms with Crippen LogP contribution >= 0.6 is 0 Å². The first-order valence-corrected chi connectivity index (χ1v) is 6.88. The highest BCUT2D eigenvalue weighted by Crippen LogP contribution is 2.26. The molecule has 0 aliphatic heterocycles. The Morgan fingerprint density at radius 3 is 2.35 bits per heavy atom. The van der Waals surface area contributed by atoms with Crippen LogP contribution in [0.3, 0.4) is 0 Å². The van der Waals surface area contributed by atoms with E-state index in [0.717, 1.165) is 5.56 Å². The molecular formula is C17H18N2O4. The van der Waals surface area contributed by atoms with Gasteiger partial charge < -0.3 is 14.2 Å². The Bertz CT molecular complexity index is 713. The molecule has 1 amide bonds. The van der Waals surface area contributed by atoms with E-state index in [1.54, 1.807) is 56.7 Å². The van der Waals surface area contributed by atoms with Crippen molar-refractivity contribution in [1.82, 2.24) is 5.43 Å². The molecule has 2 aromatic rings. The Balaban J connectivity index is 2.08. The van der Waals surface area contributed by atoms with Crippen molar-refractivity contribution < 1.29 is 19.0 Å². The van der Waals surface area contributed by atoms with Gasteiger partial charge in [-0.25, -0.2) is 5.43 Å². The smallest absolute Gasteiger partial charge is 0.275 e. The normalized spacial score (nSPS) is 10.4. The second kappa shape index (κ2) is 7.84. The minimum atomic E-state index is -0.348. The molecule has 0 radical (unpaired) electrons. The maximum Gasteiger partial charge on any atom is 0.275 e. The minimum absolute atomic E-state index is 0.348. The van der Waals surface area contributed by atoms with Crippen LogP contribution in [0.2, 0.25) is 0 Å². The van der Waals surface area contributed by atoms with Gasteiger partial charge in [0.05, 0.1) is 33.1 Å². The minimum Gasteiger partial charge on any atom is -0.496 e. The number of hydrazone groups is 1. The first kappa shape index (κ1) is 16.4. The number of carbonyl (C=O) groups is 1. The van der Waals surface area contributed by atoms with Crippen molar-refractivity contribution in [3.05, 3.63) is 53.6 Å². The van der Waals surface area contributed by atoms with Gasteiger partial charge in [-0.3, -0.25) is 4.79 Å². The van der Waals surface area contributed by atoms with E-state index in [1.165, 1.54) is 13.3 Å². The molecule has 0 heterocycles. The van der Waals surface area contributed by atoms with Gasteiger partial charge in [-0.15, -0.1) is 0 Å². The lowest BCUT2D eigenvalue weighted by Gasteiger charge is -2.07. The molecule has 23 heavy (non-hydrogen) atoms. The zero-order valence-corrected chi connectivity index (χ0v) is 13.2. The molecule has 2 aromatic carbocycles. The topological polar surface area (TPSA) is 69.2 Å². The van der Waals surface area contributed by atoms with Crippen molar-refractivity contribution in [2.45, 2.75) is 0 Å². The summed E-state index contributed by atoms with van der Waals surface area (Å²) in [5, 5.41) is 3.95. The molecule has 6 heteroatoms. The average Bonchev–Trinajstić information content (AvgIpc) is 2.61. The third-order valence-electron chi connectivity index (χ3n) is 3.14. The molecule has 2 rings (SSSR count). The number of benzene rings is 2. The third-order valence-corrected chi connectivity index (χ3v) is 3.14. The molecule has 0 aromatic heterocycles.